The predicted octanol–water partition coefficient (Wildman–Crippen LogP) is 2.42. The van der Waals surface area contributed by atoms with Gasteiger partial charge < -0.3 is 10.4 Å². The Morgan fingerprint density at radius 1 is 1.27 bits per heavy atom. The Kier molecular flexibility index (Phi) is 3.35. The van der Waals surface area contributed by atoms with Crippen molar-refractivity contribution in [1.29, 1.82) is 0 Å². The fourth-order valence-electron chi connectivity index (χ4n) is 1.03. The molecular formula is C12H17NO2. The SMILES string of the molecule is CC(C)(C)C(=O)CNc1ccc(O)cc1. The maximum absolute atomic E-state index is 11.6. The lowest BCUT2D eigenvalue weighted by Crippen LogP contribution is -2.27. The van der Waals surface area contributed by atoms with Gasteiger partial charge in [-0.3, -0.25) is 4.79 Å². The molecule has 0 atom stereocenters. The smallest absolute Gasteiger partial charge is 0.157 e. The maximum atomic E-state index is 11.6. The van der Waals surface area contributed by atoms with Gasteiger partial charge in [-0.05, 0) is 24.3 Å². The van der Waals surface area contributed by atoms with E-state index in [1.54, 1.807) is 24.3 Å². The molecule has 3 heteroatoms. The van der Waals surface area contributed by atoms with E-state index in [1.165, 1.54) is 0 Å². The molecule has 0 aromatic heterocycles. The number of ketones is 1. The molecule has 0 saturated heterocycles. The van der Waals surface area contributed by atoms with Crippen molar-refractivity contribution in [2.75, 3.05) is 11.9 Å². The number of anilines is 1. The number of phenols is 1. The summed E-state index contributed by atoms with van der Waals surface area (Å²) in [7, 11) is 0. The third-order valence-electron chi connectivity index (χ3n) is 2.16. The summed E-state index contributed by atoms with van der Waals surface area (Å²) in [5, 5.41) is 12.1. The Labute approximate surface area is 90.1 Å². The zero-order valence-electron chi connectivity index (χ0n) is 9.37. The number of hydrogen-bond donors (Lipinski definition) is 2. The van der Waals surface area contributed by atoms with E-state index >= 15 is 0 Å². The van der Waals surface area contributed by atoms with E-state index in [0.717, 1.165) is 5.69 Å². The molecule has 0 fully saturated rings. The number of Topliss-reactive ketones (excluding diaryl/α,β-unsaturated/α-hetero) is 1. The van der Waals surface area contributed by atoms with Gasteiger partial charge in [-0.25, -0.2) is 0 Å². The van der Waals surface area contributed by atoms with E-state index in [9.17, 15) is 4.79 Å². The quantitative estimate of drug-likeness (QED) is 0.748. The predicted molar refractivity (Wildman–Crippen MR) is 61.1 cm³/mol. The average molecular weight is 207 g/mol. The Morgan fingerprint density at radius 2 is 1.80 bits per heavy atom. The number of phenolic OH excluding ortho intramolecular Hbond substituents is 1. The average Bonchev–Trinajstić information content (AvgIpc) is 2.15. The molecule has 0 bridgehead atoms. The summed E-state index contributed by atoms with van der Waals surface area (Å²) in [6.45, 7) is 6.00. The number of carbonyl (C=O) groups is 1. The van der Waals surface area contributed by atoms with E-state index in [0.29, 0.717) is 6.54 Å². The number of carbonyl (C=O) groups excluding carboxylic acids is 1. The number of hydrogen-bond acceptors (Lipinski definition) is 3. The molecule has 1 rings (SSSR count). The van der Waals surface area contributed by atoms with Crippen LogP contribution in [0.25, 0.3) is 0 Å². The normalized spacial score (nSPS) is 11.1. The second-order valence-corrected chi connectivity index (χ2v) is 4.57. The van der Waals surface area contributed by atoms with Gasteiger partial charge >= 0.3 is 0 Å². The maximum Gasteiger partial charge on any atom is 0.157 e. The molecule has 0 amide bonds. The van der Waals surface area contributed by atoms with E-state index in [4.69, 9.17) is 5.11 Å². The fraction of sp³-hybridized carbons (Fsp3) is 0.417. The lowest BCUT2D eigenvalue weighted by atomic mass is 9.91. The van der Waals surface area contributed by atoms with Crippen LogP contribution in [0, 0.1) is 5.41 Å². The van der Waals surface area contributed by atoms with Crippen LogP contribution < -0.4 is 5.32 Å². The van der Waals surface area contributed by atoms with Crippen LogP contribution in [0.4, 0.5) is 5.69 Å². The van der Waals surface area contributed by atoms with Crippen LogP contribution in [-0.4, -0.2) is 17.4 Å². The molecule has 0 saturated carbocycles. The lowest BCUT2D eigenvalue weighted by molar-refractivity contribution is -0.124. The molecule has 0 radical (unpaired) electrons. The van der Waals surface area contributed by atoms with Gasteiger partial charge in [0.05, 0.1) is 6.54 Å². The Morgan fingerprint density at radius 3 is 2.27 bits per heavy atom. The highest BCUT2D eigenvalue weighted by molar-refractivity contribution is 5.87. The number of aromatic hydroxyl groups is 1. The minimum Gasteiger partial charge on any atom is -0.508 e. The lowest BCUT2D eigenvalue weighted by Gasteiger charge is -2.17. The van der Waals surface area contributed by atoms with Crippen LogP contribution >= 0.6 is 0 Å². The molecule has 0 heterocycles. The molecule has 0 spiro atoms. The van der Waals surface area contributed by atoms with Crippen LogP contribution in [0.3, 0.4) is 0 Å². The van der Waals surface area contributed by atoms with Gasteiger partial charge in [0, 0.05) is 11.1 Å². The summed E-state index contributed by atoms with van der Waals surface area (Å²) in [5.74, 6) is 0.387. The summed E-state index contributed by atoms with van der Waals surface area (Å²) in [4.78, 5) is 11.6. The molecule has 82 valence electrons. The highest BCUT2D eigenvalue weighted by Crippen LogP contribution is 2.16. The summed E-state index contributed by atoms with van der Waals surface area (Å²) in [6, 6.07) is 6.66. The molecule has 2 N–H and O–H groups in total. The number of benzene rings is 1. The van der Waals surface area contributed by atoms with E-state index in [2.05, 4.69) is 5.32 Å². The van der Waals surface area contributed by atoms with Crippen LogP contribution in [0.1, 0.15) is 20.8 Å². The molecule has 0 aliphatic rings. The first-order chi connectivity index (χ1) is 6.89. The summed E-state index contributed by atoms with van der Waals surface area (Å²) < 4.78 is 0. The molecule has 15 heavy (non-hydrogen) atoms. The van der Waals surface area contributed by atoms with Crippen molar-refractivity contribution in [2.24, 2.45) is 5.41 Å². The fourth-order valence-corrected chi connectivity index (χ4v) is 1.03. The first-order valence-corrected chi connectivity index (χ1v) is 4.96. The van der Waals surface area contributed by atoms with Gasteiger partial charge in [0.1, 0.15) is 5.75 Å². The second kappa shape index (κ2) is 4.34. The zero-order valence-corrected chi connectivity index (χ0v) is 9.37. The van der Waals surface area contributed by atoms with Gasteiger partial charge in [-0.15, -0.1) is 0 Å². The highest BCUT2D eigenvalue weighted by atomic mass is 16.3. The molecule has 0 aliphatic heterocycles. The third-order valence-corrected chi connectivity index (χ3v) is 2.16. The molecule has 0 aliphatic carbocycles. The van der Waals surface area contributed by atoms with Crippen LogP contribution in [0.15, 0.2) is 24.3 Å². The summed E-state index contributed by atoms with van der Waals surface area (Å²) >= 11 is 0. The summed E-state index contributed by atoms with van der Waals surface area (Å²) in [6.07, 6.45) is 0. The Hall–Kier alpha value is -1.51. The van der Waals surface area contributed by atoms with Gasteiger partial charge in [0.25, 0.3) is 0 Å². The molecule has 1 aromatic carbocycles. The minimum absolute atomic E-state index is 0.163. The highest BCUT2D eigenvalue weighted by Gasteiger charge is 2.20. The van der Waals surface area contributed by atoms with Gasteiger partial charge in [0.15, 0.2) is 5.78 Å². The third kappa shape index (κ3) is 3.62. The minimum atomic E-state index is -0.316. The van der Waals surface area contributed by atoms with Crippen molar-refractivity contribution in [3.63, 3.8) is 0 Å². The first-order valence-electron chi connectivity index (χ1n) is 4.96. The molecule has 1 aromatic rings. The van der Waals surface area contributed by atoms with Crippen molar-refractivity contribution >= 4 is 11.5 Å². The van der Waals surface area contributed by atoms with Gasteiger partial charge in [0.2, 0.25) is 0 Å². The summed E-state index contributed by atoms with van der Waals surface area (Å²) in [5.41, 5.74) is 0.523. The number of nitrogens with one attached hydrogen (secondary N) is 1. The van der Waals surface area contributed by atoms with E-state index in [-0.39, 0.29) is 16.9 Å². The monoisotopic (exact) mass is 207 g/mol. The van der Waals surface area contributed by atoms with Crippen molar-refractivity contribution < 1.29 is 9.90 Å². The van der Waals surface area contributed by atoms with E-state index < -0.39 is 0 Å². The number of rotatable bonds is 3. The largest absolute Gasteiger partial charge is 0.508 e. The molecular weight excluding hydrogens is 190 g/mol. The Balaban J connectivity index is 2.51. The second-order valence-electron chi connectivity index (χ2n) is 4.57. The van der Waals surface area contributed by atoms with Crippen LogP contribution in [0.2, 0.25) is 0 Å². The van der Waals surface area contributed by atoms with Crippen LogP contribution in [0.5, 0.6) is 5.75 Å². The molecule has 3 nitrogen and oxygen atoms in total. The van der Waals surface area contributed by atoms with Gasteiger partial charge in [-0.1, -0.05) is 20.8 Å². The van der Waals surface area contributed by atoms with Crippen molar-refractivity contribution in [3.05, 3.63) is 24.3 Å². The standard InChI is InChI=1S/C12H17NO2/c1-12(2,3)11(15)8-13-9-4-6-10(14)7-5-9/h4-7,13-14H,8H2,1-3H3. The Bertz CT molecular complexity index is 336. The topological polar surface area (TPSA) is 49.3 Å². The van der Waals surface area contributed by atoms with Crippen LogP contribution in [-0.2, 0) is 4.79 Å². The van der Waals surface area contributed by atoms with E-state index in [1.807, 2.05) is 20.8 Å². The van der Waals surface area contributed by atoms with Crippen molar-refractivity contribution in [3.8, 4) is 5.75 Å². The zero-order chi connectivity index (χ0) is 11.5. The van der Waals surface area contributed by atoms with Crippen molar-refractivity contribution in [1.82, 2.24) is 0 Å². The van der Waals surface area contributed by atoms with Crippen molar-refractivity contribution in [2.45, 2.75) is 20.8 Å². The first kappa shape index (κ1) is 11.6. The molecule has 0 unspecified atom stereocenters. The van der Waals surface area contributed by atoms with Gasteiger partial charge in [-0.2, -0.15) is 0 Å².